The smallest absolute Gasteiger partial charge is 0.270 e. The molecule has 6 heteroatoms. The first-order chi connectivity index (χ1) is 13.1. The van der Waals surface area contributed by atoms with Crippen molar-refractivity contribution in [3.63, 3.8) is 0 Å². The summed E-state index contributed by atoms with van der Waals surface area (Å²) in [5.41, 5.74) is 3.14. The first kappa shape index (κ1) is 18.2. The minimum absolute atomic E-state index is 0.217. The number of rotatable bonds is 5. The fraction of sp³-hybridized carbons (Fsp3) is 0.190. The van der Waals surface area contributed by atoms with E-state index < -0.39 is 0 Å². The van der Waals surface area contributed by atoms with Crippen molar-refractivity contribution >= 4 is 5.91 Å². The van der Waals surface area contributed by atoms with Gasteiger partial charge in [0.1, 0.15) is 18.1 Å². The molecule has 6 nitrogen and oxygen atoms in total. The molecule has 0 spiro atoms. The molecule has 0 atom stereocenters. The van der Waals surface area contributed by atoms with Gasteiger partial charge in [0, 0.05) is 18.3 Å². The Morgan fingerprint density at radius 3 is 2.74 bits per heavy atom. The van der Waals surface area contributed by atoms with Gasteiger partial charge in [-0.25, -0.2) is 0 Å². The van der Waals surface area contributed by atoms with E-state index >= 15 is 0 Å². The van der Waals surface area contributed by atoms with Crippen LogP contribution in [0.4, 0.5) is 0 Å². The summed E-state index contributed by atoms with van der Waals surface area (Å²) in [6.45, 7) is 2.39. The zero-order valence-electron chi connectivity index (χ0n) is 15.3. The van der Waals surface area contributed by atoms with Gasteiger partial charge in [-0.2, -0.15) is 5.10 Å². The summed E-state index contributed by atoms with van der Waals surface area (Å²) in [5, 5.41) is 7.16. The zero-order chi connectivity index (χ0) is 19.1. The molecular weight excluding hydrogens is 340 g/mol. The van der Waals surface area contributed by atoms with E-state index in [0.717, 1.165) is 17.0 Å². The number of nitrogens with zero attached hydrogens (tertiary/aromatic N) is 3. The number of hydrogen-bond acceptors (Lipinski definition) is 4. The molecule has 1 amide bonds. The lowest BCUT2D eigenvalue weighted by molar-refractivity contribution is 0.0949. The number of pyridine rings is 1. The number of amides is 1. The quantitative estimate of drug-likeness (QED) is 0.710. The van der Waals surface area contributed by atoms with Crippen LogP contribution < -0.4 is 10.1 Å². The van der Waals surface area contributed by atoms with Gasteiger partial charge in [0.2, 0.25) is 0 Å². The van der Waals surface area contributed by atoms with Crippen molar-refractivity contribution in [2.75, 3.05) is 13.2 Å². The predicted molar refractivity (Wildman–Crippen MR) is 103 cm³/mol. The summed E-state index contributed by atoms with van der Waals surface area (Å²) in [6.07, 6.45) is 1.66. The number of aromatic nitrogens is 3. The minimum atomic E-state index is -0.217. The summed E-state index contributed by atoms with van der Waals surface area (Å²) in [7, 11) is 1.75. The van der Waals surface area contributed by atoms with Crippen molar-refractivity contribution in [2.45, 2.75) is 6.92 Å². The van der Waals surface area contributed by atoms with Gasteiger partial charge in [-0.3, -0.25) is 14.5 Å². The first-order valence-electron chi connectivity index (χ1n) is 8.52. The second-order valence-electron chi connectivity index (χ2n) is 5.86. The van der Waals surface area contributed by atoms with Crippen molar-refractivity contribution in [3.8, 4) is 28.8 Å². The number of ether oxygens (including phenoxy) is 1. The second kappa shape index (κ2) is 8.68. The number of carbonyl (C=O) groups excluding carboxylic acids is 1. The lowest BCUT2D eigenvalue weighted by Crippen LogP contribution is -2.25. The predicted octanol–water partition coefficient (Wildman–Crippen LogP) is 2.60. The molecule has 0 saturated heterocycles. The monoisotopic (exact) mass is 360 g/mol. The molecule has 136 valence electrons. The maximum Gasteiger partial charge on any atom is 0.270 e. The number of nitrogens with one attached hydrogen (secondary N) is 1. The Balaban J connectivity index is 1.50. The van der Waals surface area contributed by atoms with Crippen LogP contribution in [0.3, 0.4) is 0 Å². The van der Waals surface area contributed by atoms with Crippen LogP contribution in [-0.4, -0.2) is 33.8 Å². The molecule has 2 heterocycles. The highest BCUT2D eigenvalue weighted by atomic mass is 16.5. The van der Waals surface area contributed by atoms with Crippen molar-refractivity contribution in [2.24, 2.45) is 7.05 Å². The topological polar surface area (TPSA) is 69.0 Å². The van der Waals surface area contributed by atoms with E-state index in [1.165, 1.54) is 0 Å². The van der Waals surface area contributed by atoms with E-state index in [1.807, 2.05) is 49.4 Å². The Kier molecular flexibility index (Phi) is 5.85. The standard InChI is InChI=1S/C21H20N4O2/c1-16-10-11-18(15-23-16)27-13-7-6-12-22-21(26)20-14-19(24-25(20)2)17-8-4-3-5-9-17/h3-5,8-11,14-15H,12-13H2,1-2H3,(H,22,26). The minimum Gasteiger partial charge on any atom is -0.479 e. The van der Waals surface area contributed by atoms with E-state index in [-0.39, 0.29) is 19.1 Å². The molecule has 0 aliphatic rings. The first-order valence-corrected chi connectivity index (χ1v) is 8.52. The molecule has 0 unspecified atom stereocenters. The van der Waals surface area contributed by atoms with Gasteiger partial charge in [-0.15, -0.1) is 0 Å². The zero-order valence-corrected chi connectivity index (χ0v) is 15.3. The summed E-state index contributed by atoms with van der Waals surface area (Å²) >= 11 is 0. The van der Waals surface area contributed by atoms with Crippen LogP contribution in [0.2, 0.25) is 0 Å². The van der Waals surface area contributed by atoms with Gasteiger partial charge in [0.15, 0.2) is 0 Å². The van der Waals surface area contributed by atoms with Crippen LogP contribution in [0.15, 0.2) is 54.7 Å². The summed E-state index contributed by atoms with van der Waals surface area (Å²) in [5.74, 6) is 6.18. The maximum absolute atomic E-state index is 12.3. The van der Waals surface area contributed by atoms with E-state index in [2.05, 4.69) is 27.2 Å². The highest BCUT2D eigenvalue weighted by Crippen LogP contribution is 2.18. The molecule has 27 heavy (non-hydrogen) atoms. The molecule has 0 aliphatic carbocycles. The molecule has 0 fully saturated rings. The Bertz CT molecular complexity index is 967. The van der Waals surface area contributed by atoms with Gasteiger partial charge < -0.3 is 10.1 Å². The van der Waals surface area contributed by atoms with Gasteiger partial charge >= 0.3 is 0 Å². The number of aryl methyl sites for hydroxylation is 2. The average Bonchev–Trinajstić information content (AvgIpc) is 3.08. The Morgan fingerprint density at radius 2 is 2.00 bits per heavy atom. The molecular formula is C21H20N4O2. The molecule has 3 aromatic rings. The summed E-state index contributed by atoms with van der Waals surface area (Å²) in [6, 6.07) is 15.2. The molecule has 0 radical (unpaired) electrons. The number of carbonyl (C=O) groups is 1. The lowest BCUT2D eigenvalue weighted by atomic mass is 10.1. The van der Waals surface area contributed by atoms with Crippen LogP contribution in [0, 0.1) is 18.8 Å². The molecule has 3 rings (SSSR count). The van der Waals surface area contributed by atoms with Crippen LogP contribution in [-0.2, 0) is 7.05 Å². The third-order valence-electron chi connectivity index (χ3n) is 3.84. The van der Waals surface area contributed by atoms with Gasteiger partial charge in [-0.1, -0.05) is 42.2 Å². The van der Waals surface area contributed by atoms with Crippen LogP contribution in [0.1, 0.15) is 16.2 Å². The van der Waals surface area contributed by atoms with Crippen LogP contribution in [0.25, 0.3) is 11.3 Å². The number of hydrogen-bond donors (Lipinski definition) is 1. The van der Waals surface area contributed by atoms with Gasteiger partial charge in [0.25, 0.3) is 5.91 Å². The Morgan fingerprint density at radius 1 is 1.19 bits per heavy atom. The van der Waals surface area contributed by atoms with E-state index in [9.17, 15) is 4.79 Å². The number of benzene rings is 1. The summed E-state index contributed by atoms with van der Waals surface area (Å²) in [4.78, 5) is 16.5. The highest BCUT2D eigenvalue weighted by Gasteiger charge is 2.13. The third-order valence-corrected chi connectivity index (χ3v) is 3.84. The van der Waals surface area contributed by atoms with Crippen molar-refractivity contribution in [1.29, 1.82) is 0 Å². The largest absolute Gasteiger partial charge is 0.479 e. The Labute approximate surface area is 158 Å². The lowest BCUT2D eigenvalue weighted by Gasteiger charge is -2.01. The second-order valence-corrected chi connectivity index (χ2v) is 5.86. The molecule has 0 saturated carbocycles. The molecule has 2 aromatic heterocycles. The van der Waals surface area contributed by atoms with E-state index in [0.29, 0.717) is 11.4 Å². The summed E-state index contributed by atoms with van der Waals surface area (Å²) < 4.78 is 7.03. The normalized spacial score (nSPS) is 10.0. The van der Waals surface area contributed by atoms with Crippen LogP contribution >= 0.6 is 0 Å². The third kappa shape index (κ3) is 4.95. The average molecular weight is 360 g/mol. The van der Waals surface area contributed by atoms with E-state index in [4.69, 9.17) is 4.74 Å². The molecule has 1 aromatic carbocycles. The van der Waals surface area contributed by atoms with Crippen molar-refractivity contribution in [1.82, 2.24) is 20.1 Å². The van der Waals surface area contributed by atoms with E-state index in [1.54, 1.807) is 24.0 Å². The maximum atomic E-state index is 12.3. The van der Waals surface area contributed by atoms with Crippen molar-refractivity contribution in [3.05, 3.63) is 66.1 Å². The highest BCUT2D eigenvalue weighted by molar-refractivity contribution is 5.93. The molecule has 1 N–H and O–H groups in total. The van der Waals surface area contributed by atoms with Crippen molar-refractivity contribution < 1.29 is 9.53 Å². The fourth-order valence-corrected chi connectivity index (χ4v) is 2.42. The van der Waals surface area contributed by atoms with Gasteiger partial charge in [0.05, 0.1) is 18.4 Å². The van der Waals surface area contributed by atoms with Gasteiger partial charge in [-0.05, 0) is 25.1 Å². The Hall–Kier alpha value is -3.59. The SMILES string of the molecule is Cc1ccc(OCC#CCNC(=O)c2cc(-c3ccccc3)nn2C)cn1. The van der Waals surface area contributed by atoms with Crippen LogP contribution in [0.5, 0.6) is 5.75 Å². The molecule has 0 aliphatic heterocycles. The fourth-order valence-electron chi connectivity index (χ4n) is 2.42. The molecule has 0 bridgehead atoms.